The van der Waals surface area contributed by atoms with Gasteiger partial charge in [-0.1, -0.05) is 47.7 Å². The fourth-order valence-corrected chi connectivity index (χ4v) is 8.41. The third kappa shape index (κ3) is 5.63. The van der Waals surface area contributed by atoms with Crippen LogP contribution in [0.3, 0.4) is 0 Å². The van der Waals surface area contributed by atoms with Crippen LogP contribution in [0.5, 0.6) is 11.5 Å². The van der Waals surface area contributed by atoms with E-state index in [1.807, 2.05) is 53.1 Å². The van der Waals surface area contributed by atoms with Crippen LogP contribution < -0.4 is 24.4 Å². The van der Waals surface area contributed by atoms with Crippen molar-refractivity contribution in [3.63, 3.8) is 0 Å². The standard InChI is InChI=1S/C35H25Br2N3O5S/c1-44-25-7-4-6-23(18-25)32-27-14-11-22-5-2-3-8-26(22)31(27)38-35-39(32)34(41)30(46-35)17-21-15-28(36)33(29(37)16-21)45-19-20-9-12-24(13-10-20)40(42)43/h2-10,12-13,15-18,32H,11,14,19H2,1H3/b30-17-. The van der Waals surface area contributed by atoms with E-state index in [0.29, 0.717) is 24.0 Å². The molecule has 0 fully saturated rings. The number of thiazole rings is 1. The molecule has 0 saturated heterocycles. The van der Waals surface area contributed by atoms with Gasteiger partial charge in [-0.25, -0.2) is 4.99 Å². The highest BCUT2D eigenvalue weighted by atomic mass is 79.9. The quantitative estimate of drug-likeness (QED) is 0.128. The molecule has 11 heteroatoms. The minimum Gasteiger partial charge on any atom is -0.497 e. The number of hydrogen-bond acceptors (Lipinski definition) is 7. The molecule has 2 aliphatic rings. The monoisotopic (exact) mass is 757 g/mol. The normalized spacial score (nSPS) is 15.5. The Morgan fingerprint density at radius 3 is 2.52 bits per heavy atom. The first-order valence-electron chi connectivity index (χ1n) is 14.4. The van der Waals surface area contributed by atoms with Gasteiger partial charge < -0.3 is 9.47 Å². The number of allylic oxidation sites excluding steroid dienone is 1. The number of nitro benzene ring substituents is 1. The van der Waals surface area contributed by atoms with Crippen molar-refractivity contribution in [3.05, 3.63) is 157 Å². The number of methoxy groups -OCH3 is 1. The van der Waals surface area contributed by atoms with Gasteiger partial charge in [0.25, 0.3) is 11.2 Å². The number of nitrogens with zero attached hydrogens (tertiary/aromatic N) is 3. The number of halogens is 2. The van der Waals surface area contributed by atoms with E-state index in [0.717, 1.165) is 52.1 Å². The van der Waals surface area contributed by atoms with Gasteiger partial charge in [-0.2, -0.15) is 0 Å². The van der Waals surface area contributed by atoms with E-state index in [2.05, 4.69) is 50.1 Å². The summed E-state index contributed by atoms with van der Waals surface area (Å²) in [5.41, 5.74) is 6.96. The third-order valence-electron chi connectivity index (χ3n) is 8.13. The molecule has 4 aromatic carbocycles. The van der Waals surface area contributed by atoms with Crippen molar-refractivity contribution in [1.82, 2.24) is 4.57 Å². The smallest absolute Gasteiger partial charge is 0.271 e. The third-order valence-corrected chi connectivity index (χ3v) is 10.3. The molecule has 0 saturated carbocycles. The average Bonchev–Trinajstić information content (AvgIpc) is 3.37. The topological polar surface area (TPSA) is 96.0 Å². The zero-order valence-corrected chi connectivity index (χ0v) is 28.4. The summed E-state index contributed by atoms with van der Waals surface area (Å²) in [4.78, 5) is 30.5. The van der Waals surface area contributed by atoms with Crippen LogP contribution in [0.1, 0.15) is 40.3 Å². The van der Waals surface area contributed by atoms with E-state index in [1.165, 1.54) is 29.0 Å². The number of nitro groups is 1. The van der Waals surface area contributed by atoms with E-state index >= 15 is 0 Å². The lowest BCUT2D eigenvalue weighted by molar-refractivity contribution is -0.384. The van der Waals surface area contributed by atoms with E-state index in [-0.39, 0.29) is 23.9 Å². The molecule has 0 spiro atoms. The molecule has 1 atom stereocenters. The molecule has 1 aliphatic heterocycles. The fourth-order valence-electron chi connectivity index (χ4n) is 5.96. The van der Waals surface area contributed by atoms with Crippen LogP contribution in [0.2, 0.25) is 0 Å². The van der Waals surface area contributed by atoms with Gasteiger partial charge in [-0.15, -0.1) is 0 Å². The number of non-ortho nitro benzene ring substituents is 1. The molecule has 0 radical (unpaired) electrons. The SMILES string of the molecule is COc1cccc(C2C3=C(N=c4s/c(=C\c5cc(Br)c(OCc6ccc([N+](=O)[O-])cc6)c(Br)c5)c(=O)n42)c2ccccc2CC3)c1. The highest BCUT2D eigenvalue weighted by Crippen LogP contribution is 2.42. The molecule has 2 heterocycles. The zero-order chi connectivity index (χ0) is 31.9. The maximum absolute atomic E-state index is 14.2. The number of hydrogen-bond donors (Lipinski definition) is 0. The highest BCUT2D eigenvalue weighted by molar-refractivity contribution is 9.11. The minimum absolute atomic E-state index is 0.0283. The van der Waals surface area contributed by atoms with Crippen LogP contribution in [0, 0.1) is 10.1 Å². The van der Waals surface area contributed by atoms with Crippen LogP contribution >= 0.6 is 43.2 Å². The second-order valence-corrected chi connectivity index (χ2v) is 13.6. The lowest BCUT2D eigenvalue weighted by Crippen LogP contribution is -2.38. The maximum atomic E-state index is 14.2. The number of rotatable bonds is 7. The summed E-state index contributed by atoms with van der Waals surface area (Å²) >= 11 is 8.62. The first kappa shape index (κ1) is 30.3. The molecular weight excluding hydrogens is 734 g/mol. The van der Waals surface area contributed by atoms with Crippen molar-refractivity contribution in [2.75, 3.05) is 7.11 Å². The van der Waals surface area contributed by atoms with Gasteiger partial charge in [0.15, 0.2) is 4.80 Å². The van der Waals surface area contributed by atoms with Crippen LogP contribution in [0.25, 0.3) is 11.8 Å². The van der Waals surface area contributed by atoms with Gasteiger partial charge >= 0.3 is 0 Å². The first-order chi connectivity index (χ1) is 22.3. The lowest BCUT2D eigenvalue weighted by atomic mass is 9.83. The Labute approximate surface area is 284 Å². The first-order valence-corrected chi connectivity index (χ1v) is 16.8. The van der Waals surface area contributed by atoms with Crippen molar-refractivity contribution in [1.29, 1.82) is 0 Å². The second kappa shape index (κ2) is 12.5. The molecule has 1 aromatic heterocycles. The summed E-state index contributed by atoms with van der Waals surface area (Å²) in [6, 6.07) is 26.0. The van der Waals surface area contributed by atoms with Crippen molar-refractivity contribution < 1.29 is 14.4 Å². The fraction of sp³-hybridized carbons (Fsp3) is 0.143. The summed E-state index contributed by atoms with van der Waals surface area (Å²) in [7, 11) is 1.65. The Hall–Kier alpha value is -4.32. The van der Waals surface area contributed by atoms with Gasteiger partial charge in [0.05, 0.1) is 37.2 Å². The maximum Gasteiger partial charge on any atom is 0.271 e. The Bertz CT molecular complexity index is 2220. The Morgan fingerprint density at radius 1 is 1.02 bits per heavy atom. The highest BCUT2D eigenvalue weighted by Gasteiger charge is 2.32. The molecule has 0 N–H and O–H groups in total. The molecule has 5 aromatic rings. The van der Waals surface area contributed by atoms with E-state index in [9.17, 15) is 14.9 Å². The molecule has 0 bridgehead atoms. The van der Waals surface area contributed by atoms with Crippen LogP contribution in [-0.4, -0.2) is 16.6 Å². The molecule has 230 valence electrons. The second-order valence-electron chi connectivity index (χ2n) is 10.9. The summed E-state index contributed by atoms with van der Waals surface area (Å²) in [5, 5.41) is 11.0. The predicted molar refractivity (Wildman–Crippen MR) is 185 cm³/mol. The largest absolute Gasteiger partial charge is 0.497 e. The molecule has 1 unspecified atom stereocenters. The van der Waals surface area contributed by atoms with Gasteiger partial charge in [0, 0.05) is 17.7 Å². The average molecular weight is 759 g/mol. The molecule has 46 heavy (non-hydrogen) atoms. The number of benzene rings is 4. The summed E-state index contributed by atoms with van der Waals surface area (Å²) in [6.45, 7) is 0.227. The molecule has 1 aliphatic carbocycles. The van der Waals surface area contributed by atoms with Crippen LogP contribution in [-0.2, 0) is 13.0 Å². The summed E-state index contributed by atoms with van der Waals surface area (Å²) in [5.74, 6) is 1.32. The predicted octanol–water partition coefficient (Wildman–Crippen LogP) is 7.34. The van der Waals surface area contributed by atoms with Crippen LogP contribution in [0.4, 0.5) is 5.69 Å². The van der Waals surface area contributed by atoms with Gasteiger partial charge in [0.1, 0.15) is 18.1 Å². The molecule has 7 rings (SSSR count). The number of aromatic nitrogens is 1. The van der Waals surface area contributed by atoms with E-state index in [1.54, 1.807) is 19.2 Å². The summed E-state index contributed by atoms with van der Waals surface area (Å²) < 4.78 is 15.4. The Kier molecular flexibility index (Phi) is 8.22. The zero-order valence-electron chi connectivity index (χ0n) is 24.4. The lowest BCUT2D eigenvalue weighted by Gasteiger charge is -2.31. The van der Waals surface area contributed by atoms with E-state index in [4.69, 9.17) is 14.5 Å². The molecule has 0 amide bonds. The van der Waals surface area contributed by atoms with Gasteiger partial charge in [-0.05, 0) is 115 Å². The van der Waals surface area contributed by atoms with Crippen LogP contribution in [0.15, 0.2) is 109 Å². The number of aryl methyl sites for hydroxylation is 1. The van der Waals surface area contributed by atoms with Crippen molar-refractivity contribution in [2.24, 2.45) is 4.99 Å². The van der Waals surface area contributed by atoms with Crippen molar-refractivity contribution >= 4 is 60.7 Å². The van der Waals surface area contributed by atoms with Crippen molar-refractivity contribution in [2.45, 2.75) is 25.5 Å². The Balaban J connectivity index is 1.28. The number of ether oxygens (including phenoxy) is 2. The minimum atomic E-state index is -0.431. The van der Waals surface area contributed by atoms with Gasteiger partial charge in [0.2, 0.25) is 0 Å². The molecule has 8 nitrogen and oxygen atoms in total. The van der Waals surface area contributed by atoms with E-state index < -0.39 is 4.92 Å². The number of fused-ring (bicyclic) bond motifs is 3. The van der Waals surface area contributed by atoms with Gasteiger partial charge in [-0.3, -0.25) is 19.5 Å². The summed E-state index contributed by atoms with van der Waals surface area (Å²) in [6.07, 6.45) is 3.57. The Morgan fingerprint density at radius 2 is 1.78 bits per heavy atom. The molecular formula is C35H25Br2N3O5S. The van der Waals surface area contributed by atoms with Crippen molar-refractivity contribution in [3.8, 4) is 11.5 Å².